The number of rotatable bonds is 2. The Hall–Kier alpha value is -1.37. The average molecular weight is 185 g/mol. The SMILES string of the molecule is CC(C)Cc1cccc2cnccc12. The topological polar surface area (TPSA) is 12.9 Å². The minimum absolute atomic E-state index is 0.703. The van der Waals surface area contributed by atoms with Gasteiger partial charge in [0.05, 0.1) is 0 Å². The lowest BCUT2D eigenvalue weighted by Crippen LogP contribution is -1.94. The van der Waals surface area contributed by atoms with E-state index in [1.54, 1.807) is 0 Å². The quantitative estimate of drug-likeness (QED) is 0.698. The molecule has 0 aliphatic carbocycles. The van der Waals surface area contributed by atoms with Crippen LogP contribution in [-0.4, -0.2) is 4.98 Å². The normalized spacial score (nSPS) is 11.1. The monoisotopic (exact) mass is 185 g/mol. The highest BCUT2D eigenvalue weighted by Crippen LogP contribution is 2.19. The zero-order valence-electron chi connectivity index (χ0n) is 8.70. The third kappa shape index (κ3) is 1.77. The number of hydrogen-bond donors (Lipinski definition) is 0. The Kier molecular flexibility index (Phi) is 2.49. The van der Waals surface area contributed by atoms with E-state index in [9.17, 15) is 0 Å². The summed E-state index contributed by atoms with van der Waals surface area (Å²) in [4.78, 5) is 4.13. The predicted molar refractivity (Wildman–Crippen MR) is 60.3 cm³/mol. The summed E-state index contributed by atoms with van der Waals surface area (Å²) in [6.45, 7) is 4.50. The second kappa shape index (κ2) is 3.79. The highest BCUT2D eigenvalue weighted by molar-refractivity contribution is 5.84. The molecular formula is C13H15N. The molecule has 2 rings (SSSR count). The van der Waals surface area contributed by atoms with Crippen molar-refractivity contribution < 1.29 is 0 Å². The number of nitrogens with zero attached hydrogens (tertiary/aromatic N) is 1. The summed E-state index contributed by atoms with van der Waals surface area (Å²) >= 11 is 0. The van der Waals surface area contributed by atoms with Gasteiger partial charge in [-0.1, -0.05) is 32.0 Å². The molecule has 0 spiro atoms. The maximum absolute atomic E-state index is 4.13. The van der Waals surface area contributed by atoms with Gasteiger partial charge in [0.1, 0.15) is 0 Å². The minimum Gasteiger partial charge on any atom is -0.264 e. The maximum Gasteiger partial charge on any atom is 0.0346 e. The molecule has 1 aromatic heterocycles. The van der Waals surface area contributed by atoms with Gasteiger partial charge < -0.3 is 0 Å². The van der Waals surface area contributed by atoms with Crippen LogP contribution >= 0.6 is 0 Å². The van der Waals surface area contributed by atoms with Crippen LogP contribution < -0.4 is 0 Å². The van der Waals surface area contributed by atoms with Crippen LogP contribution in [0.1, 0.15) is 19.4 Å². The molecule has 0 aliphatic rings. The van der Waals surface area contributed by atoms with Gasteiger partial charge in [0.25, 0.3) is 0 Å². The second-order valence-corrected chi connectivity index (χ2v) is 4.11. The highest BCUT2D eigenvalue weighted by Gasteiger charge is 2.02. The summed E-state index contributed by atoms with van der Waals surface area (Å²) in [6, 6.07) is 8.54. The van der Waals surface area contributed by atoms with Crippen molar-refractivity contribution in [1.29, 1.82) is 0 Å². The minimum atomic E-state index is 0.703. The summed E-state index contributed by atoms with van der Waals surface area (Å²) in [7, 11) is 0. The van der Waals surface area contributed by atoms with Crippen molar-refractivity contribution in [1.82, 2.24) is 4.98 Å². The molecule has 0 atom stereocenters. The first-order chi connectivity index (χ1) is 6.77. The van der Waals surface area contributed by atoms with E-state index in [1.807, 2.05) is 12.4 Å². The molecule has 72 valence electrons. The van der Waals surface area contributed by atoms with Crippen molar-refractivity contribution in [3.63, 3.8) is 0 Å². The number of aromatic nitrogens is 1. The molecule has 1 nitrogen and oxygen atoms in total. The standard InChI is InChI=1S/C13H15N/c1-10(2)8-11-4-3-5-12-9-14-7-6-13(11)12/h3-7,9-10H,8H2,1-2H3. The van der Waals surface area contributed by atoms with Crippen molar-refractivity contribution in [2.45, 2.75) is 20.3 Å². The summed E-state index contributed by atoms with van der Waals surface area (Å²) in [5.41, 5.74) is 1.43. The van der Waals surface area contributed by atoms with E-state index in [4.69, 9.17) is 0 Å². The molecule has 14 heavy (non-hydrogen) atoms. The smallest absolute Gasteiger partial charge is 0.0346 e. The third-order valence-corrected chi connectivity index (χ3v) is 2.40. The van der Waals surface area contributed by atoms with Crippen LogP contribution in [0.25, 0.3) is 10.8 Å². The first kappa shape index (κ1) is 9.20. The molecule has 0 amide bonds. The lowest BCUT2D eigenvalue weighted by molar-refractivity contribution is 0.650. The molecular weight excluding hydrogens is 170 g/mol. The molecule has 0 saturated heterocycles. The van der Waals surface area contributed by atoms with E-state index in [2.05, 4.69) is 43.1 Å². The Balaban J connectivity index is 2.53. The summed E-state index contributed by atoms with van der Waals surface area (Å²) < 4.78 is 0. The first-order valence-corrected chi connectivity index (χ1v) is 5.09. The fourth-order valence-corrected chi connectivity index (χ4v) is 1.81. The van der Waals surface area contributed by atoms with Gasteiger partial charge in [-0.3, -0.25) is 4.98 Å². The molecule has 1 heteroatoms. The van der Waals surface area contributed by atoms with Gasteiger partial charge in [-0.15, -0.1) is 0 Å². The van der Waals surface area contributed by atoms with Crippen LogP contribution in [0, 0.1) is 5.92 Å². The summed E-state index contributed by atoms with van der Waals surface area (Å²) in [5.74, 6) is 0.703. The Labute approximate surface area is 84.8 Å². The molecule has 1 heterocycles. The van der Waals surface area contributed by atoms with Crippen molar-refractivity contribution in [3.8, 4) is 0 Å². The predicted octanol–water partition coefficient (Wildman–Crippen LogP) is 3.43. The van der Waals surface area contributed by atoms with E-state index in [1.165, 1.54) is 16.3 Å². The van der Waals surface area contributed by atoms with Gasteiger partial charge in [0, 0.05) is 17.8 Å². The lowest BCUT2D eigenvalue weighted by Gasteiger charge is -2.08. The number of benzene rings is 1. The Morgan fingerprint density at radius 3 is 2.86 bits per heavy atom. The van der Waals surface area contributed by atoms with Crippen LogP contribution in [0.15, 0.2) is 36.7 Å². The first-order valence-electron chi connectivity index (χ1n) is 5.09. The van der Waals surface area contributed by atoms with Gasteiger partial charge >= 0.3 is 0 Å². The Bertz CT molecular complexity index is 427. The van der Waals surface area contributed by atoms with Crippen molar-refractivity contribution in [3.05, 3.63) is 42.2 Å². The van der Waals surface area contributed by atoms with Crippen molar-refractivity contribution in [2.75, 3.05) is 0 Å². The number of fused-ring (bicyclic) bond motifs is 1. The van der Waals surface area contributed by atoms with Crippen LogP contribution in [0.4, 0.5) is 0 Å². The summed E-state index contributed by atoms with van der Waals surface area (Å²) in [5, 5.41) is 2.59. The van der Waals surface area contributed by atoms with E-state index < -0.39 is 0 Å². The molecule has 0 bridgehead atoms. The summed E-state index contributed by atoms with van der Waals surface area (Å²) in [6.07, 6.45) is 4.94. The molecule has 1 aromatic carbocycles. The highest BCUT2D eigenvalue weighted by atomic mass is 14.6. The number of pyridine rings is 1. The van der Waals surface area contributed by atoms with E-state index in [0.717, 1.165) is 6.42 Å². The lowest BCUT2D eigenvalue weighted by atomic mass is 9.98. The molecule has 0 saturated carbocycles. The van der Waals surface area contributed by atoms with Gasteiger partial charge in [0.15, 0.2) is 0 Å². The molecule has 0 radical (unpaired) electrons. The van der Waals surface area contributed by atoms with Gasteiger partial charge in [0.2, 0.25) is 0 Å². The number of hydrogen-bond acceptors (Lipinski definition) is 1. The van der Waals surface area contributed by atoms with Crippen LogP contribution in [-0.2, 0) is 6.42 Å². The van der Waals surface area contributed by atoms with Gasteiger partial charge in [-0.05, 0) is 29.4 Å². The van der Waals surface area contributed by atoms with E-state index >= 15 is 0 Å². The van der Waals surface area contributed by atoms with E-state index in [0.29, 0.717) is 5.92 Å². The molecule has 2 aromatic rings. The molecule has 0 aliphatic heterocycles. The van der Waals surface area contributed by atoms with E-state index in [-0.39, 0.29) is 0 Å². The van der Waals surface area contributed by atoms with Crippen LogP contribution in [0.3, 0.4) is 0 Å². The Morgan fingerprint density at radius 1 is 1.21 bits per heavy atom. The molecule has 0 N–H and O–H groups in total. The molecule has 0 unspecified atom stereocenters. The van der Waals surface area contributed by atoms with Crippen molar-refractivity contribution in [2.24, 2.45) is 5.92 Å². The van der Waals surface area contributed by atoms with Gasteiger partial charge in [-0.25, -0.2) is 0 Å². The largest absolute Gasteiger partial charge is 0.264 e. The molecule has 0 fully saturated rings. The third-order valence-electron chi connectivity index (χ3n) is 2.40. The second-order valence-electron chi connectivity index (χ2n) is 4.11. The van der Waals surface area contributed by atoms with Crippen LogP contribution in [0.2, 0.25) is 0 Å². The zero-order chi connectivity index (χ0) is 9.97. The zero-order valence-corrected chi connectivity index (χ0v) is 8.70. The van der Waals surface area contributed by atoms with Crippen LogP contribution in [0.5, 0.6) is 0 Å². The van der Waals surface area contributed by atoms with Gasteiger partial charge in [-0.2, -0.15) is 0 Å². The maximum atomic E-state index is 4.13. The Morgan fingerprint density at radius 2 is 2.07 bits per heavy atom. The average Bonchev–Trinajstić information content (AvgIpc) is 2.18. The fourth-order valence-electron chi connectivity index (χ4n) is 1.81. The fraction of sp³-hybridized carbons (Fsp3) is 0.308. The van der Waals surface area contributed by atoms with Crippen molar-refractivity contribution >= 4 is 10.8 Å².